The third-order valence-electron chi connectivity index (χ3n) is 3.51. The van der Waals surface area contributed by atoms with Gasteiger partial charge in [-0.3, -0.25) is 0 Å². The highest BCUT2D eigenvalue weighted by atomic mass is 79.9. The minimum atomic E-state index is 0.480. The molecule has 0 saturated carbocycles. The SMILES string of the molecule is CCCNC(CCCC(C)C)c1cccc(C)c1Br. The van der Waals surface area contributed by atoms with Gasteiger partial charge in [0.1, 0.15) is 0 Å². The van der Waals surface area contributed by atoms with Crippen LogP contribution in [-0.4, -0.2) is 6.54 Å². The van der Waals surface area contributed by atoms with Gasteiger partial charge in [0.2, 0.25) is 0 Å². The van der Waals surface area contributed by atoms with Gasteiger partial charge in [0, 0.05) is 10.5 Å². The highest BCUT2D eigenvalue weighted by molar-refractivity contribution is 9.10. The molecule has 1 atom stereocenters. The molecule has 2 heteroatoms. The summed E-state index contributed by atoms with van der Waals surface area (Å²) >= 11 is 3.75. The molecule has 19 heavy (non-hydrogen) atoms. The van der Waals surface area contributed by atoms with Gasteiger partial charge in [0.05, 0.1) is 0 Å². The first-order valence-corrected chi connectivity index (χ1v) is 8.34. The van der Waals surface area contributed by atoms with Crippen molar-refractivity contribution in [3.05, 3.63) is 33.8 Å². The molecule has 0 heterocycles. The van der Waals surface area contributed by atoms with Crippen molar-refractivity contribution in [2.75, 3.05) is 6.54 Å². The van der Waals surface area contributed by atoms with E-state index in [4.69, 9.17) is 0 Å². The molecule has 0 saturated heterocycles. The molecule has 0 radical (unpaired) electrons. The van der Waals surface area contributed by atoms with Crippen LogP contribution >= 0.6 is 15.9 Å². The van der Waals surface area contributed by atoms with Gasteiger partial charge in [-0.25, -0.2) is 0 Å². The average Bonchev–Trinajstić information content (AvgIpc) is 2.37. The molecule has 1 aromatic rings. The number of nitrogens with one attached hydrogen (secondary N) is 1. The highest BCUT2D eigenvalue weighted by Gasteiger charge is 2.14. The zero-order chi connectivity index (χ0) is 14.3. The second-order valence-electron chi connectivity index (χ2n) is 5.81. The maximum absolute atomic E-state index is 3.75. The molecular weight excluding hydrogens is 298 g/mol. The van der Waals surface area contributed by atoms with Crippen LogP contribution in [0.4, 0.5) is 0 Å². The lowest BCUT2D eigenvalue weighted by atomic mass is 9.97. The fraction of sp³-hybridized carbons (Fsp3) is 0.647. The third-order valence-corrected chi connectivity index (χ3v) is 4.60. The van der Waals surface area contributed by atoms with Gasteiger partial charge in [-0.05, 0) is 43.4 Å². The minimum Gasteiger partial charge on any atom is -0.310 e. The van der Waals surface area contributed by atoms with Crippen LogP contribution in [0.3, 0.4) is 0 Å². The first-order chi connectivity index (χ1) is 9.06. The summed E-state index contributed by atoms with van der Waals surface area (Å²) in [7, 11) is 0. The normalized spacial score (nSPS) is 12.9. The van der Waals surface area contributed by atoms with E-state index in [1.165, 1.54) is 41.3 Å². The van der Waals surface area contributed by atoms with E-state index < -0.39 is 0 Å². The molecule has 0 bridgehead atoms. The van der Waals surface area contributed by atoms with Gasteiger partial charge in [0.25, 0.3) is 0 Å². The van der Waals surface area contributed by atoms with Crippen LogP contribution in [0.2, 0.25) is 0 Å². The molecule has 1 nitrogen and oxygen atoms in total. The fourth-order valence-electron chi connectivity index (χ4n) is 2.36. The summed E-state index contributed by atoms with van der Waals surface area (Å²) in [5.74, 6) is 0.799. The highest BCUT2D eigenvalue weighted by Crippen LogP contribution is 2.30. The zero-order valence-electron chi connectivity index (χ0n) is 12.8. The van der Waals surface area contributed by atoms with E-state index >= 15 is 0 Å². The Kier molecular flexibility index (Phi) is 7.70. The van der Waals surface area contributed by atoms with Crippen molar-refractivity contribution in [2.45, 2.75) is 59.4 Å². The molecular formula is C17H28BrN. The quantitative estimate of drug-likeness (QED) is 0.653. The Morgan fingerprint density at radius 2 is 1.95 bits per heavy atom. The molecule has 0 aliphatic rings. The molecule has 1 aromatic carbocycles. The van der Waals surface area contributed by atoms with Crippen LogP contribution in [0.1, 0.15) is 63.6 Å². The molecule has 1 unspecified atom stereocenters. The van der Waals surface area contributed by atoms with Crippen molar-refractivity contribution in [1.82, 2.24) is 5.32 Å². The molecule has 0 spiro atoms. The second-order valence-corrected chi connectivity index (χ2v) is 6.60. The van der Waals surface area contributed by atoms with Gasteiger partial charge >= 0.3 is 0 Å². The Morgan fingerprint density at radius 1 is 1.21 bits per heavy atom. The molecule has 108 valence electrons. The lowest BCUT2D eigenvalue weighted by Crippen LogP contribution is -2.22. The van der Waals surface area contributed by atoms with E-state index in [9.17, 15) is 0 Å². The summed E-state index contributed by atoms with van der Waals surface area (Å²) in [6.45, 7) is 10.1. The smallest absolute Gasteiger partial charge is 0.0331 e. The van der Waals surface area contributed by atoms with Crippen molar-refractivity contribution in [3.63, 3.8) is 0 Å². The molecule has 1 N–H and O–H groups in total. The Morgan fingerprint density at radius 3 is 2.58 bits per heavy atom. The van der Waals surface area contributed by atoms with E-state index in [1.54, 1.807) is 0 Å². The first-order valence-electron chi connectivity index (χ1n) is 7.54. The lowest BCUT2D eigenvalue weighted by Gasteiger charge is -2.21. The van der Waals surface area contributed by atoms with E-state index in [2.05, 4.69) is 67.1 Å². The number of hydrogen-bond donors (Lipinski definition) is 1. The summed E-state index contributed by atoms with van der Waals surface area (Å²) in [6.07, 6.45) is 5.01. The van der Waals surface area contributed by atoms with Gasteiger partial charge in [-0.1, -0.05) is 67.7 Å². The van der Waals surface area contributed by atoms with Gasteiger partial charge in [-0.2, -0.15) is 0 Å². The first kappa shape index (κ1) is 16.7. The van der Waals surface area contributed by atoms with Gasteiger partial charge in [0.15, 0.2) is 0 Å². The number of benzene rings is 1. The van der Waals surface area contributed by atoms with Crippen LogP contribution in [-0.2, 0) is 0 Å². The van der Waals surface area contributed by atoms with Gasteiger partial charge in [-0.15, -0.1) is 0 Å². The van der Waals surface area contributed by atoms with Crippen LogP contribution in [0.25, 0.3) is 0 Å². The maximum atomic E-state index is 3.75. The standard InChI is InChI=1S/C17H28BrN/c1-5-12-19-16(11-6-8-13(2)3)15-10-7-9-14(4)17(15)18/h7,9-10,13,16,19H,5-6,8,11-12H2,1-4H3. The minimum absolute atomic E-state index is 0.480. The van der Waals surface area contributed by atoms with E-state index in [0.29, 0.717) is 6.04 Å². The molecule has 0 amide bonds. The summed E-state index contributed by atoms with van der Waals surface area (Å²) in [5, 5.41) is 3.70. The number of rotatable bonds is 8. The van der Waals surface area contributed by atoms with Crippen molar-refractivity contribution >= 4 is 15.9 Å². The van der Waals surface area contributed by atoms with Crippen LogP contribution in [0.15, 0.2) is 22.7 Å². The molecule has 1 rings (SSSR count). The zero-order valence-corrected chi connectivity index (χ0v) is 14.4. The topological polar surface area (TPSA) is 12.0 Å². The summed E-state index contributed by atoms with van der Waals surface area (Å²) in [5.41, 5.74) is 2.74. The largest absolute Gasteiger partial charge is 0.310 e. The third kappa shape index (κ3) is 5.66. The number of hydrogen-bond acceptors (Lipinski definition) is 1. The van der Waals surface area contributed by atoms with Crippen molar-refractivity contribution in [3.8, 4) is 0 Å². The van der Waals surface area contributed by atoms with E-state index in [0.717, 1.165) is 12.5 Å². The van der Waals surface area contributed by atoms with Crippen LogP contribution < -0.4 is 5.32 Å². The van der Waals surface area contributed by atoms with Crippen LogP contribution in [0, 0.1) is 12.8 Å². The predicted molar refractivity (Wildman–Crippen MR) is 88.6 cm³/mol. The second kappa shape index (κ2) is 8.76. The average molecular weight is 326 g/mol. The molecule has 0 aliphatic carbocycles. The Labute approximate surface area is 127 Å². The fourth-order valence-corrected chi connectivity index (χ4v) is 2.90. The van der Waals surface area contributed by atoms with Gasteiger partial charge < -0.3 is 5.32 Å². The Bertz CT molecular complexity index is 374. The predicted octanol–water partition coefficient (Wildman–Crippen LogP) is 5.62. The monoisotopic (exact) mass is 325 g/mol. The Balaban J connectivity index is 2.74. The van der Waals surface area contributed by atoms with Crippen molar-refractivity contribution in [1.29, 1.82) is 0 Å². The summed E-state index contributed by atoms with van der Waals surface area (Å²) < 4.78 is 1.27. The molecule has 0 fully saturated rings. The molecule has 0 aliphatic heterocycles. The van der Waals surface area contributed by atoms with E-state index in [1.807, 2.05) is 0 Å². The van der Waals surface area contributed by atoms with Crippen LogP contribution in [0.5, 0.6) is 0 Å². The molecule has 0 aromatic heterocycles. The maximum Gasteiger partial charge on any atom is 0.0331 e. The lowest BCUT2D eigenvalue weighted by molar-refractivity contribution is 0.446. The number of aryl methyl sites for hydroxylation is 1. The Hall–Kier alpha value is -0.340. The summed E-state index contributed by atoms with van der Waals surface area (Å²) in [6, 6.07) is 7.06. The van der Waals surface area contributed by atoms with Crippen molar-refractivity contribution in [2.24, 2.45) is 5.92 Å². The van der Waals surface area contributed by atoms with Crippen molar-refractivity contribution < 1.29 is 0 Å². The summed E-state index contributed by atoms with van der Waals surface area (Å²) in [4.78, 5) is 0. The number of halogens is 1. The van der Waals surface area contributed by atoms with E-state index in [-0.39, 0.29) is 0 Å².